The van der Waals surface area contributed by atoms with Crippen LogP contribution in [-0.4, -0.2) is 18.3 Å². The molecule has 0 saturated heterocycles. The lowest BCUT2D eigenvalue weighted by Gasteiger charge is -2.28. The third-order valence-corrected chi connectivity index (χ3v) is 3.52. The van der Waals surface area contributed by atoms with Crippen LogP contribution in [0.25, 0.3) is 0 Å². The molecule has 1 saturated carbocycles. The summed E-state index contributed by atoms with van der Waals surface area (Å²) in [5.41, 5.74) is 0.879. The van der Waals surface area contributed by atoms with Gasteiger partial charge in [0.05, 0.1) is 6.54 Å². The molecule has 1 aromatic carbocycles. The number of hydrogen-bond acceptors (Lipinski definition) is 2. The molecular formula is C15H19F2NO. The van der Waals surface area contributed by atoms with Crippen LogP contribution in [0, 0.1) is 5.92 Å². The van der Waals surface area contributed by atoms with Crippen LogP contribution in [0.2, 0.25) is 0 Å². The molecule has 2 nitrogen and oxygen atoms in total. The molecule has 2 rings (SSSR count). The maximum Gasteiger partial charge on any atom is 0.248 e. The fourth-order valence-corrected chi connectivity index (χ4v) is 2.60. The number of benzene rings is 1. The van der Waals surface area contributed by atoms with Crippen LogP contribution >= 0.6 is 0 Å². The van der Waals surface area contributed by atoms with Gasteiger partial charge in [0.2, 0.25) is 5.92 Å². The minimum absolute atomic E-state index is 0.00607. The van der Waals surface area contributed by atoms with Gasteiger partial charge in [0, 0.05) is 24.9 Å². The Morgan fingerprint density at radius 2 is 2.05 bits per heavy atom. The lowest BCUT2D eigenvalue weighted by Crippen LogP contribution is -2.28. The lowest BCUT2D eigenvalue weighted by molar-refractivity contribution is -0.120. The normalized spacial score (nSPS) is 21.9. The van der Waals surface area contributed by atoms with E-state index in [9.17, 15) is 13.6 Å². The fraction of sp³-hybridized carbons (Fsp3) is 0.533. The smallest absolute Gasteiger partial charge is 0.248 e. The first-order valence-electron chi connectivity index (χ1n) is 6.74. The van der Waals surface area contributed by atoms with Crippen LogP contribution in [0.4, 0.5) is 14.5 Å². The molecule has 0 aromatic heterocycles. The summed E-state index contributed by atoms with van der Waals surface area (Å²) >= 11 is 0. The van der Waals surface area contributed by atoms with Gasteiger partial charge in [-0.3, -0.25) is 4.79 Å². The van der Waals surface area contributed by atoms with E-state index in [4.69, 9.17) is 0 Å². The van der Waals surface area contributed by atoms with E-state index in [2.05, 4.69) is 5.32 Å². The Morgan fingerprint density at radius 1 is 1.32 bits per heavy atom. The monoisotopic (exact) mass is 267 g/mol. The number of carbonyl (C=O) groups excluding carboxylic acids is 1. The summed E-state index contributed by atoms with van der Waals surface area (Å²) in [6, 6.07) is 9.42. The van der Waals surface area contributed by atoms with Crippen molar-refractivity contribution in [2.45, 2.75) is 38.0 Å². The molecule has 1 aliphatic carbocycles. The number of nitrogens with one attached hydrogen (secondary N) is 1. The Balaban J connectivity index is 1.75. The third kappa shape index (κ3) is 4.62. The molecule has 19 heavy (non-hydrogen) atoms. The first-order valence-corrected chi connectivity index (χ1v) is 6.74. The van der Waals surface area contributed by atoms with Gasteiger partial charge in [-0.25, -0.2) is 8.78 Å². The Bertz CT molecular complexity index is 419. The van der Waals surface area contributed by atoms with Crippen molar-refractivity contribution in [3.63, 3.8) is 0 Å². The fourth-order valence-electron chi connectivity index (χ4n) is 2.60. The van der Waals surface area contributed by atoms with Crippen LogP contribution in [0.15, 0.2) is 30.3 Å². The summed E-state index contributed by atoms with van der Waals surface area (Å²) in [7, 11) is 0. The molecule has 0 amide bonds. The van der Waals surface area contributed by atoms with Crippen molar-refractivity contribution in [3.8, 4) is 0 Å². The van der Waals surface area contributed by atoms with Crippen LogP contribution in [-0.2, 0) is 4.79 Å². The van der Waals surface area contributed by atoms with Crippen LogP contribution in [0.1, 0.15) is 32.1 Å². The van der Waals surface area contributed by atoms with Gasteiger partial charge in [-0.1, -0.05) is 18.2 Å². The quantitative estimate of drug-likeness (QED) is 0.877. The van der Waals surface area contributed by atoms with E-state index in [1.807, 2.05) is 30.3 Å². The number of anilines is 1. The van der Waals surface area contributed by atoms with Crippen molar-refractivity contribution in [2.75, 3.05) is 11.9 Å². The Kier molecular flexibility index (Phi) is 4.51. The standard InChI is InChI=1S/C15H19F2NO/c16-15(17)8-4-5-12(10-15)9-14(19)11-18-13-6-2-1-3-7-13/h1-3,6-7,12,18H,4-5,8-11H2. The molecule has 1 atom stereocenters. The molecule has 0 aliphatic heterocycles. The molecule has 104 valence electrons. The minimum Gasteiger partial charge on any atom is -0.378 e. The van der Waals surface area contributed by atoms with E-state index >= 15 is 0 Å². The number of rotatable bonds is 5. The zero-order valence-electron chi connectivity index (χ0n) is 10.9. The number of hydrogen-bond donors (Lipinski definition) is 1. The van der Waals surface area contributed by atoms with E-state index in [0.717, 1.165) is 12.1 Å². The van der Waals surface area contributed by atoms with Crippen LogP contribution in [0.3, 0.4) is 0 Å². The molecule has 1 aliphatic rings. The van der Waals surface area contributed by atoms with E-state index in [1.165, 1.54) is 0 Å². The summed E-state index contributed by atoms with van der Waals surface area (Å²) < 4.78 is 26.5. The molecule has 0 heterocycles. The molecule has 1 fully saturated rings. The van der Waals surface area contributed by atoms with E-state index in [0.29, 0.717) is 6.42 Å². The summed E-state index contributed by atoms with van der Waals surface area (Å²) in [5.74, 6) is -2.73. The van der Waals surface area contributed by atoms with E-state index in [1.54, 1.807) is 0 Å². The highest BCUT2D eigenvalue weighted by atomic mass is 19.3. The van der Waals surface area contributed by atoms with Gasteiger partial charge in [-0.05, 0) is 30.9 Å². The van der Waals surface area contributed by atoms with Crippen molar-refractivity contribution in [1.82, 2.24) is 0 Å². The Labute approximate surface area is 112 Å². The highest BCUT2D eigenvalue weighted by molar-refractivity contribution is 5.83. The predicted octanol–water partition coefficient (Wildman–Crippen LogP) is 3.88. The summed E-state index contributed by atoms with van der Waals surface area (Å²) in [6.07, 6.45) is 1.36. The number of para-hydroxylation sites is 1. The third-order valence-electron chi connectivity index (χ3n) is 3.52. The number of halogens is 2. The molecule has 1 unspecified atom stereocenters. The highest BCUT2D eigenvalue weighted by Crippen LogP contribution is 2.38. The van der Waals surface area contributed by atoms with Gasteiger partial charge in [-0.2, -0.15) is 0 Å². The topological polar surface area (TPSA) is 29.1 Å². The number of alkyl halides is 2. The predicted molar refractivity (Wildman–Crippen MR) is 71.5 cm³/mol. The second-order valence-corrected chi connectivity index (χ2v) is 5.28. The van der Waals surface area contributed by atoms with Gasteiger partial charge in [-0.15, -0.1) is 0 Å². The maximum absolute atomic E-state index is 13.2. The Morgan fingerprint density at radius 3 is 2.74 bits per heavy atom. The molecule has 0 radical (unpaired) electrons. The lowest BCUT2D eigenvalue weighted by atomic mass is 9.83. The largest absolute Gasteiger partial charge is 0.378 e. The summed E-state index contributed by atoms with van der Waals surface area (Å²) in [5, 5.41) is 3.02. The SMILES string of the molecule is O=C(CNc1ccccc1)CC1CCCC(F)(F)C1. The molecule has 1 aromatic rings. The average molecular weight is 267 g/mol. The first kappa shape index (κ1) is 14.0. The van der Waals surface area contributed by atoms with Crippen molar-refractivity contribution >= 4 is 11.5 Å². The van der Waals surface area contributed by atoms with E-state index in [-0.39, 0.29) is 37.5 Å². The van der Waals surface area contributed by atoms with E-state index < -0.39 is 5.92 Å². The summed E-state index contributed by atoms with van der Waals surface area (Å²) in [4.78, 5) is 11.8. The van der Waals surface area contributed by atoms with Crippen LogP contribution in [0.5, 0.6) is 0 Å². The van der Waals surface area contributed by atoms with Gasteiger partial charge >= 0.3 is 0 Å². The zero-order valence-corrected chi connectivity index (χ0v) is 10.9. The van der Waals surface area contributed by atoms with Gasteiger partial charge in [0.25, 0.3) is 0 Å². The van der Waals surface area contributed by atoms with Crippen molar-refractivity contribution in [3.05, 3.63) is 30.3 Å². The molecular weight excluding hydrogens is 248 g/mol. The van der Waals surface area contributed by atoms with Gasteiger partial charge < -0.3 is 5.32 Å². The van der Waals surface area contributed by atoms with Crippen molar-refractivity contribution < 1.29 is 13.6 Å². The molecule has 4 heteroatoms. The summed E-state index contributed by atoms with van der Waals surface area (Å²) in [6.45, 7) is 0.214. The molecule has 0 spiro atoms. The maximum atomic E-state index is 13.2. The molecule has 0 bridgehead atoms. The average Bonchev–Trinajstić information content (AvgIpc) is 2.36. The zero-order chi connectivity index (χ0) is 13.7. The number of Topliss-reactive ketones (excluding diaryl/α,β-unsaturated/α-hetero) is 1. The number of ketones is 1. The first-order chi connectivity index (χ1) is 9.05. The van der Waals surface area contributed by atoms with Crippen molar-refractivity contribution in [2.24, 2.45) is 5.92 Å². The van der Waals surface area contributed by atoms with Gasteiger partial charge in [0.1, 0.15) is 0 Å². The number of carbonyl (C=O) groups is 1. The Hall–Kier alpha value is -1.45. The second-order valence-electron chi connectivity index (χ2n) is 5.28. The molecule has 1 N–H and O–H groups in total. The van der Waals surface area contributed by atoms with Gasteiger partial charge in [0.15, 0.2) is 5.78 Å². The highest BCUT2D eigenvalue weighted by Gasteiger charge is 2.36. The second kappa shape index (κ2) is 6.13. The minimum atomic E-state index is -2.57. The van der Waals surface area contributed by atoms with Crippen LogP contribution < -0.4 is 5.32 Å². The van der Waals surface area contributed by atoms with Crippen molar-refractivity contribution in [1.29, 1.82) is 0 Å².